The highest BCUT2D eigenvalue weighted by molar-refractivity contribution is 4.84. The van der Waals surface area contributed by atoms with Gasteiger partial charge in [0, 0.05) is 12.1 Å². The van der Waals surface area contributed by atoms with Gasteiger partial charge in [0.2, 0.25) is 0 Å². The molecule has 17 heavy (non-hydrogen) atoms. The van der Waals surface area contributed by atoms with Crippen molar-refractivity contribution in [1.82, 2.24) is 0 Å². The summed E-state index contributed by atoms with van der Waals surface area (Å²) in [5.74, 6) is 1.22. The van der Waals surface area contributed by atoms with Crippen LogP contribution in [0.2, 0.25) is 0 Å². The number of aliphatic hydroxyl groups is 1. The van der Waals surface area contributed by atoms with Crippen molar-refractivity contribution in [3.05, 3.63) is 0 Å². The Labute approximate surface area is 106 Å². The molecule has 1 saturated carbocycles. The van der Waals surface area contributed by atoms with Crippen LogP contribution in [-0.4, -0.2) is 23.3 Å². The number of hydrogen-bond acceptors (Lipinski definition) is 3. The predicted molar refractivity (Wildman–Crippen MR) is 72.6 cm³/mol. The lowest BCUT2D eigenvalue weighted by Gasteiger charge is -2.30. The summed E-state index contributed by atoms with van der Waals surface area (Å²) < 4.78 is 0. The number of aliphatic hydroxyl groups excluding tert-OH is 1. The Morgan fingerprint density at radius 2 is 1.65 bits per heavy atom. The highest BCUT2D eigenvalue weighted by atomic mass is 16.3. The number of hydrogen-bond donors (Lipinski definition) is 3. The lowest BCUT2D eigenvalue weighted by Crippen LogP contribution is -2.48. The highest BCUT2D eigenvalue weighted by Crippen LogP contribution is 2.27. The van der Waals surface area contributed by atoms with Gasteiger partial charge < -0.3 is 16.6 Å². The molecular weight excluding hydrogens is 212 g/mol. The van der Waals surface area contributed by atoms with E-state index >= 15 is 0 Å². The van der Waals surface area contributed by atoms with Gasteiger partial charge in [-0.05, 0) is 24.7 Å². The molecule has 3 nitrogen and oxygen atoms in total. The van der Waals surface area contributed by atoms with Gasteiger partial charge in [-0.2, -0.15) is 0 Å². The van der Waals surface area contributed by atoms with Crippen LogP contribution in [0.5, 0.6) is 0 Å². The molecular formula is C14H30N2O. The van der Waals surface area contributed by atoms with Gasteiger partial charge >= 0.3 is 0 Å². The Bertz CT molecular complexity index is 202. The summed E-state index contributed by atoms with van der Waals surface area (Å²) in [4.78, 5) is 0. The first-order valence-electron chi connectivity index (χ1n) is 7.20. The minimum absolute atomic E-state index is 0.146. The molecule has 1 aliphatic carbocycles. The van der Waals surface area contributed by atoms with Gasteiger partial charge in [-0.1, -0.05) is 46.0 Å². The van der Waals surface area contributed by atoms with E-state index in [9.17, 15) is 5.11 Å². The van der Waals surface area contributed by atoms with Gasteiger partial charge in [-0.3, -0.25) is 0 Å². The third-order valence-corrected chi connectivity index (χ3v) is 3.95. The standard InChI is InChI=1S/C14H30N2O/c1-10(2)8-12(15)14(17)13(16)9-11-6-4-3-5-7-11/h10-14,17H,3-9,15-16H2,1-2H3/t12?,13-,14?/m0/s1. The van der Waals surface area contributed by atoms with Crippen LogP contribution in [0, 0.1) is 11.8 Å². The zero-order valence-corrected chi connectivity index (χ0v) is 11.4. The molecule has 1 aliphatic rings. The predicted octanol–water partition coefficient (Wildman–Crippen LogP) is 2.02. The average molecular weight is 242 g/mol. The van der Waals surface area contributed by atoms with E-state index in [1.165, 1.54) is 32.1 Å². The molecule has 0 aromatic rings. The molecule has 3 heteroatoms. The average Bonchev–Trinajstić information content (AvgIpc) is 2.28. The molecule has 2 unspecified atom stereocenters. The summed E-state index contributed by atoms with van der Waals surface area (Å²) in [5.41, 5.74) is 12.1. The van der Waals surface area contributed by atoms with E-state index in [1.807, 2.05) is 0 Å². The largest absolute Gasteiger partial charge is 0.390 e. The van der Waals surface area contributed by atoms with Crippen LogP contribution >= 0.6 is 0 Å². The molecule has 102 valence electrons. The Morgan fingerprint density at radius 3 is 2.18 bits per heavy atom. The summed E-state index contributed by atoms with van der Waals surface area (Å²) in [6.45, 7) is 4.25. The van der Waals surface area contributed by atoms with Crippen LogP contribution in [0.25, 0.3) is 0 Å². The zero-order chi connectivity index (χ0) is 12.8. The van der Waals surface area contributed by atoms with Crippen molar-refractivity contribution < 1.29 is 5.11 Å². The second-order valence-corrected chi connectivity index (χ2v) is 6.19. The Morgan fingerprint density at radius 1 is 1.06 bits per heavy atom. The second kappa shape index (κ2) is 7.34. The van der Waals surface area contributed by atoms with Crippen LogP contribution < -0.4 is 11.5 Å². The lowest BCUT2D eigenvalue weighted by molar-refractivity contribution is 0.0938. The van der Waals surface area contributed by atoms with Crippen molar-refractivity contribution in [3.63, 3.8) is 0 Å². The monoisotopic (exact) mass is 242 g/mol. The smallest absolute Gasteiger partial charge is 0.0841 e. The van der Waals surface area contributed by atoms with E-state index in [1.54, 1.807) is 0 Å². The van der Waals surface area contributed by atoms with Crippen molar-refractivity contribution in [1.29, 1.82) is 0 Å². The fraction of sp³-hybridized carbons (Fsp3) is 1.00. The number of rotatable bonds is 6. The minimum atomic E-state index is -0.542. The van der Waals surface area contributed by atoms with Gasteiger partial charge in [0.05, 0.1) is 6.10 Å². The molecule has 0 saturated heterocycles. The quantitative estimate of drug-likeness (QED) is 0.667. The van der Waals surface area contributed by atoms with Gasteiger partial charge in [-0.15, -0.1) is 0 Å². The first-order valence-corrected chi connectivity index (χ1v) is 7.20. The van der Waals surface area contributed by atoms with Gasteiger partial charge in [0.25, 0.3) is 0 Å². The van der Waals surface area contributed by atoms with Gasteiger partial charge in [0.1, 0.15) is 0 Å². The maximum atomic E-state index is 10.1. The Kier molecular flexibility index (Phi) is 6.45. The molecule has 1 fully saturated rings. The summed E-state index contributed by atoms with van der Waals surface area (Å²) in [5, 5.41) is 10.1. The summed E-state index contributed by atoms with van der Waals surface area (Å²) >= 11 is 0. The van der Waals surface area contributed by atoms with Crippen molar-refractivity contribution >= 4 is 0 Å². The van der Waals surface area contributed by atoms with Gasteiger partial charge in [0.15, 0.2) is 0 Å². The molecule has 1 rings (SSSR count). The SMILES string of the molecule is CC(C)CC(N)C(O)[C@@H](N)CC1CCCCC1. The fourth-order valence-electron chi connectivity index (χ4n) is 2.95. The van der Waals surface area contributed by atoms with E-state index in [0.717, 1.165) is 12.8 Å². The normalized spacial score (nSPS) is 23.6. The van der Waals surface area contributed by atoms with Crippen LogP contribution in [0.15, 0.2) is 0 Å². The van der Waals surface area contributed by atoms with Crippen LogP contribution in [-0.2, 0) is 0 Å². The molecule has 0 aromatic heterocycles. The Balaban J connectivity index is 2.31. The van der Waals surface area contributed by atoms with E-state index < -0.39 is 6.10 Å². The molecule has 0 aliphatic heterocycles. The molecule has 0 aromatic carbocycles. The third-order valence-electron chi connectivity index (χ3n) is 3.95. The second-order valence-electron chi connectivity index (χ2n) is 6.19. The maximum absolute atomic E-state index is 10.1. The van der Waals surface area contributed by atoms with Crippen molar-refractivity contribution in [2.45, 2.75) is 77.0 Å². The molecule has 0 amide bonds. The third kappa shape index (κ3) is 5.36. The van der Waals surface area contributed by atoms with Gasteiger partial charge in [-0.25, -0.2) is 0 Å². The van der Waals surface area contributed by atoms with E-state index in [2.05, 4.69) is 13.8 Å². The fourth-order valence-corrected chi connectivity index (χ4v) is 2.95. The molecule has 0 spiro atoms. The summed E-state index contributed by atoms with van der Waals surface area (Å²) in [7, 11) is 0. The molecule has 3 atom stereocenters. The van der Waals surface area contributed by atoms with Crippen LogP contribution in [0.1, 0.15) is 58.8 Å². The first kappa shape index (κ1) is 14.9. The highest BCUT2D eigenvalue weighted by Gasteiger charge is 2.26. The van der Waals surface area contributed by atoms with Crippen molar-refractivity contribution in [3.8, 4) is 0 Å². The topological polar surface area (TPSA) is 72.3 Å². The molecule has 0 heterocycles. The van der Waals surface area contributed by atoms with Crippen LogP contribution in [0.3, 0.4) is 0 Å². The first-order chi connectivity index (χ1) is 8.00. The minimum Gasteiger partial charge on any atom is -0.390 e. The Hall–Kier alpha value is -0.120. The molecule has 0 radical (unpaired) electrons. The lowest BCUT2D eigenvalue weighted by atomic mass is 9.82. The summed E-state index contributed by atoms with van der Waals surface area (Å²) in [6.07, 6.45) is 7.81. The van der Waals surface area contributed by atoms with Crippen molar-refractivity contribution in [2.75, 3.05) is 0 Å². The van der Waals surface area contributed by atoms with E-state index in [0.29, 0.717) is 11.8 Å². The molecule has 0 bridgehead atoms. The van der Waals surface area contributed by atoms with E-state index in [-0.39, 0.29) is 12.1 Å². The van der Waals surface area contributed by atoms with Crippen molar-refractivity contribution in [2.24, 2.45) is 23.3 Å². The van der Waals surface area contributed by atoms with E-state index in [4.69, 9.17) is 11.5 Å². The number of nitrogens with two attached hydrogens (primary N) is 2. The van der Waals surface area contributed by atoms with Crippen LogP contribution in [0.4, 0.5) is 0 Å². The molecule has 5 N–H and O–H groups in total. The summed E-state index contributed by atoms with van der Waals surface area (Å²) in [6, 6.07) is -0.319. The zero-order valence-electron chi connectivity index (χ0n) is 11.4. The maximum Gasteiger partial charge on any atom is 0.0841 e.